The number of hydrogen-bond donors (Lipinski definition) is 1. The fourth-order valence-corrected chi connectivity index (χ4v) is 3.13. The molecule has 0 spiro atoms. The number of amides is 1. The average Bonchev–Trinajstić information content (AvgIpc) is 3.03. The summed E-state index contributed by atoms with van der Waals surface area (Å²) < 4.78 is 0. The number of anilines is 2. The second kappa shape index (κ2) is 6.20. The molecule has 1 aliphatic carbocycles. The van der Waals surface area contributed by atoms with E-state index in [1.54, 1.807) is 6.33 Å². The Kier molecular flexibility index (Phi) is 4.14. The molecule has 0 radical (unpaired) electrons. The molecule has 1 aromatic heterocycles. The highest BCUT2D eigenvalue weighted by Gasteiger charge is 2.22. The first-order valence-electron chi connectivity index (χ1n) is 7.71. The molecule has 1 aromatic rings. The van der Waals surface area contributed by atoms with E-state index in [0.717, 1.165) is 31.7 Å². The monoisotopic (exact) mass is 274 g/mol. The number of carbonyl (C=O) groups excluding carboxylic acids is 1. The van der Waals surface area contributed by atoms with Gasteiger partial charge in [0.15, 0.2) is 0 Å². The largest absolute Gasteiger partial charge is 0.356 e. The zero-order valence-corrected chi connectivity index (χ0v) is 11.8. The smallest absolute Gasteiger partial charge is 0.228 e. The minimum absolute atomic E-state index is 0.121. The van der Waals surface area contributed by atoms with Crippen molar-refractivity contribution < 1.29 is 4.79 Å². The Morgan fingerprint density at radius 1 is 1.10 bits per heavy atom. The molecular weight excluding hydrogens is 252 g/mol. The van der Waals surface area contributed by atoms with Crippen LogP contribution >= 0.6 is 0 Å². The summed E-state index contributed by atoms with van der Waals surface area (Å²) in [5, 5.41) is 2.96. The maximum atomic E-state index is 12.2. The summed E-state index contributed by atoms with van der Waals surface area (Å²) in [5.41, 5.74) is 0. The molecule has 1 saturated heterocycles. The summed E-state index contributed by atoms with van der Waals surface area (Å²) in [6, 6.07) is 1.89. The van der Waals surface area contributed by atoms with Gasteiger partial charge in [-0.05, 0) is 25.7 Å². The quantitative estimate of drug-likeness (QED) is 0.920. The lowest BCUT2D eigenvalue weighted by molar-refractivity contribution is -0.120. The third-order valence-corrected chi connectivity index (χ3v) is 4.31. The first kappa shape index (κ1) is 13.3. The molecular formula is C15H22N4O. The van der Waals surface area contributed by atoms with Crippen molar-refractivity contribution in [1.82, 2.24) is 9.97 Å². The van der Waals surface area contributed by atoms with Gasteiger partial charge in [0.05, 0.1) is 0 Å². The van der Waals surface area contributed by atoms with Crippen molar-refractivity contribution in [3.8, 4) is 0 Å². The van der Waals surface area contributed by atoms with Gasteiger partial charge in [-0.25, -0.2) is 9.97 Å². The Balaban J connectivity index is 1.64. The second-order valence-corrected chi connectivity index (χ2v) is 5.78. The number of hydrogen-bond acceptors (Lipinski definition) is 4. The van der Waals surface area contributed by atoms with Crippen LogP contribution in [0.1, 0.15) is 44.9 Å². The van der Waals surface area contributed by atoms with Gasteiger partial charge in [0.2, 0.25) is 5.91 Å². The maximum Gasteiger partial charge on any atom is 0.228 e. The van der Waals surface area contributed by atoms with E-state index in [1.807, 2.05) is 6.07 Å². The second-order valence-electron chi connectivity index (χ2n) is 5.78. The van der Waals surface area contributed by atoms with Crippen LogP contribution in [0.5, 0.6) is 0 Å². The first-order chi connectivity index (χ1) is 9.83. The fourth-order valence-electron chi connectivity index (χ4n) is 3.13. The molecule has 3 rings (SSSR count). The predicted molar refractivity (Wildman–Crippen MR) is 78.7 cm³/mol. The van der Waals surface area contributed by atoms with Crippen molar-refractivity contribution in [2.75, 3.05) is 23.3 Å². The third kappa shape index (κ3) is 3.08. The molecule has 5 heteroatoms. The average molecular weight is 274 g/mol. The Hall–Kier alpha value is -1.65. The fraction of sp³-hybridized carbons (Fsp3) is 0.667. The van der Waals surface area contributed by atoms with Gasteiger partial charge in [-0.1, -0.05) is 19.3 Å². The summed E-state index contributed by atoms with van der Waals surface area (Å²) >= 11 is 0. The standard InChI is InChI=1S/C15H22N4O/c20-15(12-6-2-1-3-7-12)18-13-10-14(17-11-16-13)19-8-4-5-9-19/h10-12H,1-9H2,(H,16,17,18,20). The van der Waals surface area contributed by atoms with Crippen molar-refractivity contribution in [3.63, 3.8) is 0 Å². The number of nitrogens with zero attached hydrogens (tertiary/aromatic N) is 3. The summed E-state index contributed by atoms with van der Waals surface area (Å²) in [4.78, 5) is 22.9. The zero-order valence-electron chi connectivity index (χ0n) is 11.8. The number of rotatable bonds is 3. The van der Waals surface area contributed by atoms with Gasteiger partial charge in [-0.3, -0.25) is 4.79 Å². The number of aromatic nitrogens is 2. The van der Waals surface area contributed by atoms with Crippen LogP contribution in [-0.2, 0) is 4.79 Å². The van der Waals surface area contributed by atoms with Crippen LogP contribution in [0.2, 0.25) is 0 Å². The van der Waals surface area contributed by atoms with Gasteiger partial charge >= 0.3 is 0 Å². The van der Waals surface area contributed by atoms with Crippen LogP contribution in [0.3, 0.4) is 0 Å². The summed E-state index contributed by atoms with van der Waals surface area (Å²) in [5.74, 6) is 1.85. The molecule has 2 aliphatic rings. The first-order valence-corrected chi connectivity index (χ1v) is 7.71. The van der Waals surface area contributed by atoms with E-state index in [0.29, 0.717) is 5.82 Å². The number of carbonyl (C=O) groups is 1. The van der Waals surface area contributed by atoms with Gasteiger partial charge in [-0.2, -0.15) is 0 Å². The summed E-state index contributed by atoms with van der Waals surface area (Å²) in [6.45, 7) is 2.10. The van der Waals surface area contributed by atoms with Crippen LogP contribution in [-0.4, -0.2) is 29.0 Å². The van der Waals surface area contributed by atoms with Crippen molar-refractivity contribution in [2.45, 2.75) is 44.9 Å². The SMILES string of the molecule is O=C(Nc1cc(N2CCCC2)ncn1)C1CCCCC1. The molecule has 20 heavy (non-hydrogen) atoms. The van der Waals surface area contributed by atoms with Gasteiger partial charge < -0.3 is 10.2 Å². The molecule has 2 heterocycles. The van der Waals surface area contributed by atoms with Gasteiger partial charge in [-0.15, -0.1) is 0 Å². The maximum absolute atomic E-state index is 12.2. The molecule has 0 atom stereocenters. The van der Waals surface area contributed by atoms with Crippen molar-refractivity contribution in [1.29, 1.82) is 0 Å². The van der Waals surface area contributed by atoms with Crippen molar-refractivity contribution in [3.05, 3.63) is 12.4 Å². The third-order valence-electron chi connectivity index (χ3n) is 4.31. The van der Waals surface area contributed by atoms with Crippen LogP contribution in [0.15, 0.2) is 12.4 Å². The highest BCUT2D eigenvalue weighted by atomic mass is 16.1. The van der Waals surface area contributed by atoms with Crippen molar-refractivity contribution >= 4 is 17.5 Å². The molecule has 108 valence electrons. The van der Waals surface area contributed by atoms with E-state index in [4.69, 9.17) is 0 Å². The zero-order chi connectivity index (χ0) is 13.8. The Bertz CT molecular complexity index is 465. The van der Waals surface area contributed by atoms with E-state index in [2.05, 4.69) is 20.2 Å². The van der Waals surface area contributed by atoms with E-state index < -0.39 is 0 Å². The lowest BCUT2D eigenvalue weighted by Gasteiger charge is -2.21. The topological polar surface area (TPSA) is 58.1 Å². The van der Waals surface area contributed by atoms with Gasteiger partial charge in [0, 0.05) is 25.1 Å². The Labute approximate surface area is 119 Å². The van der Waals surface area contributed by atoms with E-state index >= 15 is 0 Å². The summed E-state index contributed by atoms with van der Waals surface area (Å²) in [7, 11) is 0. The lowest BCUT2D eigenvalue weighted by atomic mass is 9.89. The van der Waals surface area contributed by atoms with Gasteiger partial charge in [0.25, 0.3) is 0 Å². The summed E-state index contributed by atoms with van der Waals surface area (Å²) in [6.07, 6.45) is 9.59. The molecule has 2 fully saturated rings. The Morgan fingerprint density at radius 3 is 2.60 bits per heavy atom. The molecule has 0 unspecified atom stereocenters. The Morgan fingerprint density at radius 2 is 1.85 bits per heavy atom. The minimum Gasteiger partial charge on any atom is -0.356 e. The highest BCUT2D eigenvalue weighted by Crippen LogP contribution is 2.25. The highest BCUT2D eigenvalue weighted by molar-refractivity contribution is 5.91. The van der Waals surface area contributed by atoms with Crippen LogP contribution < -0.4 is 10.2 Å². The molecule has 1 saturated carbocycles. The molecule has 0 aromatic carbocycles. The van der Waals surface area contributed by atoms with Gasteiger partial charge in [0.1, 0.15) is 18.0 Å². The minimum atomic E-state index is 0.121. The normalized spacial score (nSPS) is 20.1. The molecule has 1 amide bonds. The lowest BCUT2D eigenvalue weighted by Crippen LogP contribution is -2.25. The van der Waals surface area contributed by atoms with Crippen molar-refractivity contribution in [2.24, 2.45) is 5.92 Å². The molecule has 0 bridgehead atoms. The van der Waals surface area contributed by atoms with Crippen LogP contribution in [0.4, 0.5) is 11.6 Å². The van der Waals surface area contributed by atoms with Crippen LogP contribution in [0, 0.1) is 5.92 Å². The number of nitrogens with one attached hydrogen (secondary N) is 1. The van der Waals surface area contributed by atoms with Crippen LogP contribution in [0.25, 0.3) is 0 Å². The van der Waals surface area contributed by atoms with E-state index in [-0.39, 0.29) is 11.8 Å². The van der Waals surface area contributed by atoms with E-state index in [1.165, 1.54) is 32.1 Å². The predicted octanol–water partition coefficient (Wildman–Crippen LogP) is 2.60. The molecule has 1 N–H and O–H groups in total. The van der Waals surface area contributed by atoms with E-state index in [9.17, 15) is 4.79 Å². The molecule has 1 aliphatic heterocycles. The molecule has 5 nitrogen and oxygen atoms in total.